The first kappa shape index (κ1) is 22.5. The number of halogens is 4. The fourth-order valence-electron chi connectivity index (χ4n) is 3.47. The van der Waals surface area contributed by atoms with E-state index in [4.69, 9.17) is 11.6 Å². The molecule has 0 radical (unpaired) electrons. The predicted octanol–water partition coefficient (Wildman–Crippen LogP) is 5.32. The van der Waals surface area contributed by atoms with Crippen molar-refractivity contribution in [3.05, 3.63) is 93.8 Å². The molecule has 4 rings (SSSR count). The van der Waals surface area contributed by atoms with Crippen LogP contribution in [0.4, 0.5) is 13.2 Å². The Labute approximate surface area is 191 Å². The Morgan fingerprint density at radius 1 is 1.06 bits per heavy atom. The molecule has 0 aliphatic heterocycles. The summed E-state index contributed by atoms with van der Waals surface area (Å²) in [5.41, 5.74) is 2.38. The van der Waals surface area contributed by atoms with E-state index >= 15 is 0 Å². The summed E-state index contributed by atoms with van der Waals surface area (Å²) >= 11 is 5.97. The second-order valence-electron chi connectivity index (χ2n) is 7.19. The van der Waals surface area contributed by atoms with Crippen LogP contribution in [0.3, 0.4) is 0 Å². The zero-order chi connectivity index (χ0) is 23.8. The Morgan fingerprint density at radius 3 is 2.36 bits per heavy atom. The molecule has 2 aromatic carbocycles. The normalized spacial score (nSPS) is 11.5. The smallest absolute Gasteiger partial charge is 0.493 e. The van der Waals surface area contributed by atoms with E-state index in [9.17, 15) is 23.1 Å². The summed E-state index contributed by atoms with van der Waals surface area (Å²) in [5.74, 6) is -0.745. The highest BCUT2D eigenvalue weighted by molar-refractivity contribution is 6.30. The van der Waals surface area contributed by atoms with Gasteiger partial charge in [-0.2, -0.15) is 0 Å². The molecule has 2 heterocycles. The van der Waals surface area contributed by atoms with Crippen LogP contribution in [0.2, 0.25) is 5.02 Å². The van der Waals surface area contributed by atoms with Crippen LogP contribution in [0.25, 0.3) is 16.8 Å². The van der Waals surface area contributed by atoms with Crippen molar-refractivity contribution < 1.29 is 23.0 Å². The molecule has 4 aromatic rings. The molecule has 10 heteroatoms. The van der Waals surface area contributed by atoms with Crippen LogP contribution < -0.4 is 10.4 Å². The summed E-state index contributed by atoms with van der Waals surface area (Å²) in [5, 5.41) is 11.2. The highest BCUT2D eigenvalue weighted by Crippen LogP contribution is 2.28. The average Bonchev–Trinajstić information content (AvgIpc) is 2.98. The Bertz CT molecular complexity index is 1340. The van der Waals surface area contributed by atoms with Crippen LogP contribution in [0.1, 0.15) is 11.3 Å². The largest absolute Gasteiger partial charge is 0.573 e. The van der Waals surface area contributed by atoms with E-state index in [1.165, 1.54) is 16.7 Å². The molecule has 1 N–H and O–H groups in total. The predicted molar refractivity (Wildman–Crippen MR) is 117 cm³/mol. The van der Waals surface area contributed by atoms with Crippen LogP contribution in [0.5, 0.6) is 11.6 Å². The summed E-state index contributed by atoms with van der Waals surface area (Å²) in [6, 6.07) is 13.6. The molecule has 0 atom stereocenters. The highest BCUT2D eigenvalue weighted by Gasteiger charge is 2.31. The van der Waals surface area contributed by atoms with Crippen molar-refractivity contribution in [2.45, 2.75) is 19.8 Å². The quantitative estimate of drug-likeness (QED) is 0.424. The summed E-state index contributed by atoms with van der Waals surface area (Å²) in [7, 11) is 0. The van der Waals surface area contributed by atoms with Crippen LogP contribution in [0, 0.1) is 6.92 Å². The zero-order valence-corrected chi connectivity index (χ0v) is 17.9. The first-order valence-corrected chi connectivity index (χ1v) is 10.1. The molecule has 0 unspecified atom stereocenters. The van der Waals surface area contributed by atoms with Crippen molar-refractivity contribution in [1.82, 2.24) is 14.1 Å². The SMILES string of the molecule is Cc1c(O)n(-c2ccc(OC(F)(F)F)cc2)c(=O)n1Cc1ccncc1-c1ccc(Cl)cc1. The molecule has 0 aliphatic rings. The first-order chi connectivity index (χ1) is 15.6. The number of ether oxygens (including phenoxy) is 1. The first-order valence-electron chi connectivity index (χ1n) is 9.70. The number of nitrogens with zero attached hydrogens (tertiary/aromatic N) is 3. The molecule has 2 aromatic heterocycles. The summed E-state index contributed by atoms with van der Waals surface area (Å²) in [4.78, 5) is 17.3. The number of pyridine rings is 1. The molecule has 0 saturated carbocycles. The Morgan fingerprint density at radius 2 is 1.73 bits per heavy atom. The van der Waals surface area contributed by atoms with Crippen molar-refractivity contribution in [1.29, 1.82) is 0 Å². The maximum atomic E-state index is 13.1. The molecule has 170 valence electrons. The number of hydrogen-bond acceptors (Lipinski definition) is 4. The van der Waals surface area contributed by atoms with Gasteiger partial charge in [0.15, 0.2) is 0 Å². The lowest BCUT2D eigenvalue weighted by molar-refractivity contribution is -0.274. The molecule has 33 heavy (non-hydrogen) atoms. The molecule has 0 saturated heterocycles. The standard InChI is InChI=1S/C23H17ClF3N3O3/c1-14-21(31)30(18-6-8-19(9-7-18)33-23(25,26)27)22(32)29(14)13-16-10-11-28-12-20(16)15-2-4-17(24)5-3-15/h2-12,31H,13H2,1H3. The van der Waals surface area contributed by atoms with Gasteiger partial charge in [0.25, 0.3) is 0 Å². The van der Waals surface area contributed by atoms with Crippen LogP contribution in [-0.4, -0.2) is 25.6 Å². The lowest BCUT2D eigenvalue weighted by atomic mass is 10.0. The Kier molecular flexibility index (Phi) is 5.90. The van der Waals surface area contributed by atoms with E-state index in [0.717, 1.165) is 33.4 Å². The topological polar surface area (TPSA) is 69.3 Å². The molecule has 0 spiro atoms. The van der Waals surface area contributed by atoms with Crippen LogP contribution >= 0.6 is 11.6 Å². The van der Waals surface area contributed by atoms with Crippen molar-refractivity contribution in [3.63, 3.8) is 0 Å². The molecular formula is C23H17ClF3N3O3. The molecule has 6 nitrogen and oxygen atoms in total. The Balaban J connectivity index is 1.71. The van der Waals surface area contributed by atoms with Gasteiger partial charge in [0.1, 0.15) is 5.75 Å². The fraction of sp³-hybridized carbons (Fsp3) is 0.130. The number of aromatic hydroxyl groups is 1. The van der Waals surface area contributed by atoms with E-state index in [0.29, 0.717) is 10.7 Å². The van der Waals surface area contributed by atoms with Gasteiger partial charge in [0.05, 0.1) is 17.9 Å². The third kappa shape index (κ3) is 4.73. The van der Waals surface area contributed by atoms with E-state index in [2.05, 4.69) is 9.72 Å². The average molecular weight is 476 g/mol. The second-order valence-corrected chi connectivity index (χ2v) is 7.63. The third-order valence-electron chi connectivity index (χ3n) is 5.09. The highest BCUT2D eigenvalue weighted by atomic mass is 35.5. The van der Waals surface area contributed by atoms with Crippen molar-refractivity contribution in [2.75, 3.05) is 0 Å². The number of imidazole rings is 1. The van der Waals surface area contributed by atoms with E-state index in [-0.39, 0.29) is 18.1 Å². The van der Waals surface area contributed by atoms with Gasteiger partial charge < -0.3 is 9.84 Å². The van der Waals surface area contributed by atoms with Crippen molar-refractivity contribution >= 4 is 11.6 Å². The van der Waals surface area contributed by atoms with Gasteiger partial charge in [-0.05, 0) is 60.5 Å². The van der Waals surface area contributed by atoms with Crippen LogP contribution in [-0.2, 0) is 6.54 Å². The van der Waals surface area contributed by atoms with E-state index < -0.39 is 17.8 Å². The van der Waals surface area contributed by atoms with Gasteiger partial charge in [0, 0.05) is 23.0 Å². The lowest BCUT2D eigenvalue weighted by Gasteiger charge is -2.11. The molecule has 0 aliphatic carbocycles. The molecule has 0 bridgehead atoms. The summed E-state index contributed by atoms with van der Waals surface area (Å²) in [6.07, 6.45) is -1.55. The number of benzene rings is 2. The molecule has 0 amide bonds. The van der Waals surface area contributed by atoms with Gasteiger partial charge in [-0.15, -0.1) is 13.2 Å². The van der Waals surface area contributed by atoms with E-state index in [1.54, 1.807) is 37.5 Å². The maximum Gasteiger partial charge on any atom is 0.573 e. The summed E-state index contributed by atoms with van der Waals surface area (Å²) in [6.45, 7) is 1.72. The minimum atomic E-state index is -4.83. The van der Waals surface area contributed by atoms with Gasteiger partial charge >= 0.3 is 12.1 Å². The minimum Gasteiger partial charge on any atom is -0.493 e. The van der Waals surface area contributed by atoms with Crippen LogP contribution in [0.15, 0.2) is 71.8 Å². The number of rotatable bonds is 5. The zero-order valence-electron chi connectivity index (χ0n) is 17.2. The van der Waals surface area contributed by atoms with Gasteiger partial charge in [-0.25, -0.2) is 9.36 Å². The van der Waals surface area contributed by atoms with Gasteiger partial charge in [-0.3, -0.25) is 9.55 Å². The lowest BCUT2D eigenvalue weighted by Crippen LogP contribution is -2.24. The fourth-order valence-corrected chi connectivity index (χ4v) is 3.60. The van der Waals surface area contributed by atoms with Crippen molar-refractivity contribution in [2.24, 2.45) is 0 Å². The van der Waals surface area contributed by atoms with Gasteiger partial charge in [-0.1, -0.05) is 23.7 Å². The van der Waals surface area contributed by atoms with Crippen molar-refractivity contribution in [3.8, 4) is 28.4 Å². The van der Waals surface area contributed by atoms with Gasteiger partial charge in [0.2, 0.25) is 5.88 Å². The Hall–Kier alpha value is -3.72. The number of alkyl halides is 3. The molecular weight excluding hydrogens is 459 g/mol. The van der Waals surface area contributed by atoms with E-state index in [1.807, 2.05) is 12.1 Å². The number of hydrogen-bond donors (Lipinski definition) is 1. The minimum absolute atomic E-state index is 0.140. The second kappa shape index (κ2) is 8.67. The number of aromatic nitrogens is 3. The maximum absolute atomic E-state index is 13.1. The monoisotopic (exact) mass is 475 g/mol. The third-order valence-corrected chi connectivity index (χ3v) is 5.34. The summed E-state index contributed by atoms with van der Waals surface area (Å²) < 4.78 is 43.5. The molecule has 0 fully saturated rings.